The van der Waals surface area contributed by atoms with Gasteiger partial charge in [-0.25, -0.2) is 4.98 Å². The van der Waals surface area contributed by atoms with E-state index in [0.717, 1.165) is 15.5 Å². The van der Waals surface area contributed by atoms with Gasteiger partial charge in [-0.1, -0.05) is 36.4 Å². The molecule has 0 aliphatic carbocycles. The van der Waals surface area contributed by atoms with Crippen LogP contribution in [0, 0.1) is 5.21 Å². The largest absolute Gasteiger partial charge is 0.618 e. The van der Waals surface area contributed by atoms with Crippen LogP contribution in [0.1, 0.15) is 0 Å². The van der Waals surface area contributed by atoms with Crippen LogP contribution >= 0.6 is 0 Å². The van der Waals surface area contributed by atoms with Crippen molar-refractivity contribution < 1.29 is 9.84 Å². The smallest absolute Gasteiger partial charge is 0.250 e. The van der Waals surface area contributed by atoms with Crippen LogP contribution < -0.4 is 4.73 Å². The lowest BCUT2D eigenvalue weighted by molar-refractivity contribution is -0.577. The van der Waals surface area contributed by atoms with E-state index in [4.69, 9.17) is 0 Å². The van der Waals surface area contributed by atoms with Crippen LogP contribution in [0.15, 0.2) is 67.0 Å². The number of rotatable bonds is 1. The molecule has 0 amide bonds. The van der Waals surface area contributed by atoms with Crippen LogP contribution in [0.25, 0.3) is 32.9 Å². The third kappa shape index (κ3) is 1.78. The van der Waals surface area contributed by atoms with E-state index < -0.39 is 0 Å². The molecule has 1 N–H and O–H groups in total. The molecule has 0 saturated carbocycles. The van der Waals surface area contributed by atoms with Gasteiger partial charge < -0.3 is 10.3 Å². The highest BCUT2D eigenvalue weighted by Gasteiger charge is 2.17. The molecule has 0 atom stereocenters. The van der Waals surface area contributed by atoms with Gasteiger partial charge in [-0.15, -0.1) is 0 Å². The molecule has 4 rings (SSSR count). The van der Waals surface area contributed by atoms with Crippen molar-refractivity contribution in [3.05, 3.63) is 72.2 Å². The third-order valence-corrected chi connectivity index (χ3v) is 3.83. The van der Waals surface area contributed by atoms with Crippen LogP contribution in [0.2, 0.25) is 0 Å². The maximum Gasteiger partial charge on any atom is 0.250 e. The molecule has 1 aromatic heterocycles. The highest BCUT2D eigenvalue weighted by atomic mass is 16.5. The van der Waals surface area contributed by atoms with Gasteiger partial charge in [0.05, 0.1) is 11.8 Å². The summed E-state index contributed by atoms with van der Waals surface area (Å²) >= 11 is 0. The molecule has 106 valence electrons. The molecule has 3 aromatic carbocycles. The summed E-state index contributed by atoms with van der Waals surface area (Å²) < 4.78 is 0.791. The Morgan fingerprint density at radius 3 is 2.73 bits per heavy atom. The predicted octanol–water partition coefficient (Wildman–Crippen LogP) is 3.39. The lowest BCUT2D eigenvalue weighted by atomic mass is 9.96. The first-order valence-electron chi connectivity index (χ1n) is 6.94. The van der Waals surface area contributed by atoms with E-state index in [2.05, 4.69) is 4.98 Å². The molecular weight excluding hydrogens is 276 g/mol. The minimum absolute atomic E-state index is 0.148. The summed E-state index contributed by atoms with van der Waals surface area (Å²) in [4.78, 5) is 4.24. The molecule has 0 aliphatic heterocycles. The fourth-order valence-corrected chi connectivity index (χ4v) is 2.86. The van der Waals surface area contributed by atoms with E-state index in [9.17, 15) is 10.3 Å². The average Bonchev–Trinajstić information content (AvgIpc) is 2.55. The number of phenols is 1. The Kier molecular flexibility index (Phi) is 2.69. The summed E-state index contributed by atoms with van der Waals surface area (Å²) in [6.07, 6.45) is 2.84. The van der Waals surface area contributed by atoms with E-state index in [-0.39, 0.29) is 5.75 Å². The molecule has 4 aromatic rings. The molecule has 22 heavy (non-hydrogen) atoms. The molecule has 0 saturated heterocycles. The molecule has 0 spiro atoms. The summed E-state index contributed by atoms with van der Waals surface area (Å²) in [7, 11) is 0. The van der Waals surface area contributed by atoms with Gasteiger partial charge in [-0.2, -0.15) is 4.73 Å². The van der Waals surface area contributed by atoms with Gasteiger partial charge in [0.2, 0.25) is 5.52 Å². The van der Waals surface area contributed by atoms with Gasteiger partial charge >= 0.3 is 0 Å². The van der Waals surface area contributed by atoms with E-state index >= 15 is 0 Å². The fourth-order valence-electron chi connectivity index (χ4n) is 2.86. The van der Waals surface area contributed by atoms with Crippen molar-refractivity contribution in [3.63, 3.8) is 0 Å². The van der Waals surface area contributed by atoms with Crippen LogP contribution in [0.4, 0.5) is 0 Å². The first kappa shape index (κ1) is 12.6. The Morgan fingerprint density at radius 2 is 1.82 bits per heavy atom. The van der Waals surface area contributed by atoms with Crippen LogP contribution in [0.5, 0.6) is 5.75 Å². The fraction of sp³-hybridized carbons (Fsp3) is 0. The average molecular weight is 288 g/mol. The van der Waals surface area contributed by atoms with Crippen LogP contribution in [0.3, 0.4) is 0 Å². The summed E-state index contributed by atoms with van der Waals surface area (Å²) in [6.45, 7) is 0. The van der Waals surface area contributed by atoms with Crippen LogP contribution in [-0.4, -0.2) is 10.1 Å². The standard InChI is InChI=1S/C18H12N2O2/c21-16-9-8-12-4-1-2-5-13(12)17(16)14-6-3-7-15-18(14)20(22)11-10-19-15/h1-11,21H. The van der Waals surface area contributed by atoms with Gasteiger partial charge in [0, 0.05) is 5.56 Å². The number of nitrogens with zero attached hydrogens (tertiary/aromatic N) is 2. The minimum Gasteiger partial charge on any atom is -0.618 e. The highest BCUT2D eigenvalue weighted by molar-refractivity contribution is 6.04. The Morgan fingerprint density at radius 1 is 0.955 bits per heavy atom. The second-order valence-electron chi connectivity index (χ2n) is 5.11. The van der Waals surface area contributed by atoms with Crippen molar-refractivity contribution in [3.8, 4) is 16.9 Å². The summed E-state index contributed by atoms with van der Waals surface area (Å²) in [5.41, 5.74) is 2.38. The Hall–Kier alpha value is -3.14. The van der Waals surface area contributed by atoms with Gasteiger partial charge in [-0.05, 0) is 29.0 Å². The van der Waals surface area contributed by atoms with Crippen molar-refractivity contribution in [2.75, 3.05) is 0 Å². The topological polar surface area (TPSA) is 60.1 Å². The molecular formula is C18H12N2O2. The summed E-state index contributed by atoms with van der Waals surface area (Å²) in [5, 5.41) is 24.5. The number of hydrogen-bond acceptors (Lipinski definition) is 3. The maximum atomic E-state index is 12.2. The quantitative estimate of drug-likeness (QED) is 0.431. The lowest BCUT2D eigenvalue weighted by Crippen LogP contribution is -2.27. The van der Waals surface area contributed by atoms with Gasteiger partial charge in [0.1, 0.15) is 11.3 Å². The monoisotopic (exact) mass is 288 g/mol. The number of phenolic OH excluding ortho intramolecular Hbond substituents is 1. The van der Waals surface area contributed by atoms with Crippen LogP contribution in [-0.2, 0) is 0 Å². The zero-order chi connectivity index (χ0) is 15.1. The molecule has 0 radical (unpaired) electrons. The SMILES string of the molecule is [O-][n+]1ccnc2cccc(-c3c(O)ccc4ccccc34)c21. The minimum atomic E-state index is 0.148. The van der Waals surface area contributed by atoms with Gasteiger partial charge in [0.15, 0.2) is 6.20 Å². The van der Waals surface area contributed by atoms with E-state index in [1.807, 2.05) is 42.5 Å². The van der Waals surface area contributed by atoms with E-state index in [0.29, 0.717) is 22.2 Å². The van der Waals surface area contributed by atoms with Crippen molar-refractivity contribution in [2.24, 2.45) is 0 Å². The second-order valence-corrected chi connectivity index (χ2v) is 5.11. The highest BCUT2D eigenvalue weighted by Crippen LogP contribution is 2.38. The third-order valence-electron chi connectivity index (χ3n) is 3.83. The van der Waals surface area contributed by atoms with Crippen molar-refractivity contribution in [1.82, 2.24) is 4.98 Å². The summed E-state index contributed by atoms with van der Waals surface area (Å²) in [6, 6.07) is 16.8. The van der Waals surface area contributed by atoms with Crippen molar-refractivity contribution in [2.45, 2.75) is 0 Å². The first-order valence-corrected chi connectivity index (χ1v) is 6.94. The molecule has 1 heterocycles. The maximum absolute atomic E-state index is 12.2. The Bertz CT molecular complexity index is 1010. The van der Waals surface area contributed by atoms with Gasteiger partial charge in [0.25, 0.3) is 0 Å². The normalized spacial score (nSPS) is 11.1. The number of para-hydroxylation sites is 1. The number of aromatic nitrogens is 2. The van der Waals surface area contributed by atoms with E-state index in [1.54, 1.807) is 12.1 Å². The molecule has 0 bridgehead atoms. The number of fused-ring (bicyclic) bond motifs is 2. The zero-order valence-corrected chi connectivity index (χ0v) is 11.6. The summed E-state index contributed by atoms with van der Waals surface area (Å²) in [5.74, 6) is 0.148. The van der Waals surface area contributed by atoms with Crippen molar-refractivity contribution >= 4 is 21.8 Å². The van der Waals surface area contributed by atoms with Gasteiger partial charge in [-0.3, -0.25) is 0 Å². The molecule has 0 fully saturated rings. The molecule has 0 unspecified atom stereocenters. The molecule has 4 heteroatoms. The Labute approximate surface area is 126 Å². The van der Waals surface area contributed by atoms with Crippen molar-refractivity contribution in [1.29, 1.82) is 0 Å². The zero-order valence-electron chi connectivity index (χ0n) is 11.6. The second kappa shape index (κ2) is 4.70. The number of benzene rings is 3. The first-order chi connectivity index (χ1) is 10.8. The molecule has 4 nitrogen and oxygen atoms in total. The van der Waals surface area contributed by atoms with E-state index in [1.165, 1.54) is 12.4 Å². The number of hydrogen-bond donors (Lipinski definition) is 1. The molecule has 0 aliphatic rings. The number of aromatic hydroxyl groups is 1. The lowest BCUT2D eigenvalue weighted by Gasteiger charge is -2.11. The predicted molar refractivity (Wildman–Crippen MR) is 85.3 cm³/mol. The Balaban J connectivity index is 2.19.